The van der Waals surface area contributed by atoms with Crippen LogP contribution in [0, 0.1) is 0 Å². The molecule has 0 saturated carbocycles. The third-order valence-corrected chi connectivity index (χ3v) is 10.5. The highest BCUT2D eigenvalue weighted by atomic mass is 15.2. The average Bonchev–Trinajstić information content (AvgIpc) is 3.72. The number of rotatable bonds is 4. The molecule has 0 aliphatic heterocycles. The minimum Gasteiger partial charge on any atom is -0.309 e. The van der Waals surface area contributed by atoms with Gasteiger partial charge in [0, 0.05) is 38.2 Å². The number of fused-ring (bicyclic) bond motifs is 9. The number of benzene rings is 8. The Balaban J connectivity index is 1.27. The predicted molar refractivity (Wildman–Crippen MR) is 217 cm³/mol. The van der Waals surface area contributed by atoms with Crippen LogP contribution >= 0.6 is 0 Å². The lowest BCUT2D eigenvalue weighted by Crippen LogP contribution is -2.03. The van der Waals surface area contributed by atoms with Crippen LogP contribution in [-0.4, -0.2) is 19.1 Å². The molecule has 0 aliphatic carbocycles. The van der Waals surface area contributed by atoms with Gasteiger partial charge in [-0.1, -0.05) is 133 Å². The van der Waals surface area contributed by atoms with E-state index in [0.29, 0.717) is 5.95 Å². The van der Waals surface area contributed by atoms with Crippen LogP contribution in [0.2, 0.25) is 0 Å². The lowest BCUT2D eigenvalue weighted by atomic mass is 10.00. The van der Waals surface area contributed by atoms with Gasteiger partial charge < -0.3 is 4.57 Å². The Morgan fingerprint density at radius 1 is 0.346 bits per heavy atom. The Morgan fingerprint density at radius 3 is 1.88 bits per heavy atom. The molecule has 3 aromatic heterocycles. The molecule has 0 atom stereocenters. The van der Waals surface area contributed by atoms with Crippen molar-refractivity contribution in [3.63, 3.8) is 0 Å². The zero-order valence-electron chi connectivity index (χ0n) is 28.1. The molecule has 3 heterocycles. The van der Waals surface area contributed by atoms with E-state index in [1.54, 1.807) is 0 Å². The molecule has 0 unspecified atom stereocenters. The van der Waals surface area contributed by atoms with Crippen LogP contribution in [0.1, 0.15) is 0 Å². The summed E-state index contributed by atoms with van der Waals surface area (Å²) in [6.07, 6.45) is 0. The van der Waals surface area contributed by atoms with Crippen molar-refractivity contribution in [1.82, 2.24) is 19.1 Å². The Labute approximate surface area is 299 Å². The molecule has 11 aromatic rings. The SMILES string of the molecule is c1ccc(-c2cccc(-c3nc(-n4c5cc6c(cc5c5c7ccccc7ccc54)c4ccccc4n6-c4ccccc4)nc4ccccc34)c2)cc1. The van der Waals surface area contributed by atoms with Crippen LogP contribution in [0.3, 0.4) is 0 Å². The molecule has 11 rings (SSSR count). The van der Waals surface area contributed by atoms with Crippen molar-refractivity contribution in [2.45, 2.75) is 0 Å². The summed E-state index contributed by atoms with van der Waals surface area (Å²) in [6.45, 7) is 0. The van der Waals surface area contributed by atoms with Gasteiger partial charge in [0.05, 0.1) is 33.3 Å². The molecular weight excluding hydrogens is 633 g/mol. The van der Waals surface area contributed by atoms with Crippen LogP contribution in [0.15, 0.2) is 182 Å². The van der Waals surface area contributed by atoms with E-state index in [0.717, 1.165) is 50.0 Å². The number of nitrogens with zero attached hydrogens (tertiary/aromatic N) is 4. The summed E-state index contributed by atoms with van der Waals surface area (Å²) in [5.74, 6) is 0.649. The predicted octanol–water partition coefficient (Wildman–Crippen LogP) is 12.3. The summed E-state index contributed by atoms with van der Waals surface area (Å²) in [6, 6.07) is 64.8. The fourth-order valence-corrected chi connectivity index (χ4v) is 8.18. The molecule has 0 bridgehead atoms. The molecule has 4 nitrogen and oxygen atoms in total. The molecule has 4 heteroatoms. The Morgan fingerprint density at radius 2 is 1.02 bits per heavy atom. The first-order valence-corrected chi connectivity index (χ1v) is 17.7. The molecule has 0 spiro atoms. The lowest BCUT2D eigenvalue weighted by molar-refractivity contribution is 1.01. The number of hydrogen-bond donors (Lipinski definition) is 0. The van der Waals surface area contributed by atoms with Crippen molar-refractivity contribution in [2.75, 3.05) is 0 Å². The summed E-state index contributed by atoms with van der Waals surface area (Å²) >= 11 is 0. The van der Waals surface area contributed by atoms with Crippen LogP contribution < -0.4 is 0 Å². The second-order valence-electron chi connectivity index (χ2n) is 13.4. The molecule has 8 aromatic carbocycles. The van der Waals surface area contributed by atoms with Crippen molar-refractivity contribution in [3.05, 3.63) is 182 Å². The van der Waals surface area contributed by atoms with Gasteiger partial charge in [-0.3, -0.25) is 4.57 Å². The number of aromatic nitrogens is 4. The summed E-state index contributed by atoms with van der Waals surface area (Å²) in [5, 5.41) is 8.28. The third-order valence-electron chi connectivity index (χ3n) is 10.5. The fourth-order valence-electron chi connectivity index (χ4n) is 8.18. The van der Waals surface area contributed by atoms with Gasteiger partial charge in [0.2, 0.25) is 5.95 Å². The second kappa shape index (κ2) is 11.2. The van der Waals surface area contributed by atoms with Crippen LogP contribution in [0.5, 0.6) is 0 Å². The lowest BCUT2D eigenvalue weighted by Gasteiger charge is -2.13. The summed E-state index contributed by atoms with van der Waals surface area (Å²) < 4.78 is 4.66. The first kappa shape index (κ1) is 28.8. The topological polar surface area (TPSA) is 35.6 Å². The Bertz CT molecular complexity index is 3170. The first-order chi connectivity index (χ1) is 25.8. The largest absolute Gasteiger partial charge is 0.309 e. The van der Waals surface area contributed by atoms with Crippen LogP contribution in [0.25, 0.3) is 99.3 Å². The Kier molecular flexibility index (Phi) is 6.22. The molecule has 0 fully saturated rings. The highest BCUT2D eigenvalue weighted by Gasteiger charge is 2.22. The maximum atomic E-state index is 5.48. The van der Waals surface area contributed by atoms with Gasteiger partial charge in [-0.25, -0.2) is 9.97 Å². The zero-order chi connectivity index (χ0) is 34.2. The molecule has 0 N–H and O–H groups in total. The maximum absolute atomic E-state index is 5.48. The third kappa shape index (κ3) is 4.28. The molecule has 0 radical (unpaired) electrons. The van der Waals surface area contributed by atoms with E-state index in [9.17, 15) is 0 Å². The van der Waals surface area contributed by atoms with Crippen molar-refractivity contribution in [1.29, 1.82) is 0 Å². The smallest absolute Gasteiger partial charge is 0.235 e. The minimum atomic E-state index is 0.649. The van der Waals surface area contributed by atoms with E-state index in [1.165, 1.54) is 43.4 Å². The normalized spacial score (nSPS) is 11.8. The fraction of sp³-hybridized carbons (Fsp3) is 0. The molecule has 0 saturated heterocycles. The van der Waals surface area contributed by atoms with Gasteiger partial charge in [0.15, 0.2) is 0 Å². The average molecular weight is 663 g/mol. The van der Waals surface area contributed by atoms with E-state index >= 15 is 0 Å². The van der Waals surface area contributed by atoms with Gasteiger partial charge in [0.25, 0.3) is 0 Å². The highest BCUT2D eigenvalue weighted by Crippen LogP contribution is 2.42. The quantitative estimate of drug-likeness (QED) is 0.188. The maximum Gasteiger partial charge on any atom is 0.235 e. The van der Waals surface area contributed by atoms with E-state index in [4.69, 9.17) is 9.97 Å². The Hall–Kier alpha value is -7.04. The number of hydrogen-bond acceptors (Lipinski definition) is 2. The van der Waals surface area contributed by atoms with Gasteiger partial charge in [-0.05, 0) is 70.4 Å². The summed E-state index contributed by atoms with van der Waals surface area (Å²) in [5.41, 5.74) is 10.8. The molecule has 52 heavy (non-hydrogen) atoms. The van der Waals surface area contributed by atoms with E-state index in [1.807, 2.05) is 0 Å². The number of para-hydroxylation sites is 3. The minimum absolute atomic E-state index is 0.649. The van der Waals surface area contributed by atoms with Gasteiger partial charge in [0.1, 0.15) is 0 Å². The van der Waals surface area contributed by atoms with Gasteiger partial charge in [-0.15, -0.1) is 0 Å². The van der Waals surface area contributed by atoms with Crippen molar-refractivity contribution in [3.8, 4) is 34.0 Å². The van der Waals surface area contributed by atoms with Crippen LogP contribution in [0.4, 0.5) is 0 Å². The van der Waals surface area contributed by atoms with E-state index in [-0.39, 0.29) is 0 Å². The summed E-state index contributed by atoms with van der Waals surface area (Å²) in [7, 11) is 0. The molecular formula is C48H30N4. The first-order valence-electron chi connectivity index (χ1n) is 17.7. The van der Waals surface area contributed by atoms with E-state index in [2.05, 4.69) is 191 Å². The van der Waals surface area contributed by atoms with Crippen LogP contribution in [-0.2, 0) is 0 Å². The summed E-state index contributed by atoms with van der Waals surface area (Å²) in [4.78, 5) is 10.8. The van der Waals surface area contributed by atoms with Gasteiger partial charge >= 0.3 is 0 Å². The van der Waals surface area contributed by atoms with Crippen molar-refractivity contribution < 1.29 is 0 Å². The molecule has 242 valence electrons. The monoisotopic (exact) mass is 662 g/mol. The molecule has 0 amide bonds. The van der Waals surface area contributed by atoms with Crippen molar-refractivity contribution >= 4 is 65.3 Å². The van der Waals surface area contributed by atoms with Crippen molar-refractivity contribution in [2.24, 2.45) is 0 Å². The second-order valence-corrected chi connectivity index (χ2v) is 13.4. The molecule has 0 aliphatic rings. The zero-order valence-corrected chi connectivity index (χ0v) is 28.1. The highest BCUT2D eigenvalue weighted by molar-refractivity contribution is 6.25. The van der Waals surface area contributed by atoms with Gasteiger partial charge in [-0.2, -0.15) is 0 Å². The van der Waals surface area contributed by atoms with E-state index < -0.39 is 0 Å². The standard InChI is InChI=1S/C48H30N4/c1-3-14-31(15-4-1)33-17-13-18-34(28-33)47-38-23-9-11-24-41(38)49-48(50-47)52-43-27-26-32-16-7-8-21-36(32)46(43)40-29-39-37-22-10-12-25-42(37)51(44(39)30-45(40)52)35-19-5-2-6-20-35/h1-30H.